The van der Waals surface area contributed by atoms with Crippen molar-refractivity contribution >= 4 is 37.3 Å². The van der Waals surface area contributed by atoms with Gasteiger partial charge in [-0.25, -0.2) is 8.42 Å². The van der Waals surface area contributed by atoms with Gasteiger partial charge in [0.25, 0.3) is 10.0 Å². The van der Waals surface area contributed by atoms with Crippen LogP contribution in [0.15, 0.2) is 45.8 Å². The first-order valence-electron chi connectivity index (χ1n) is 6.06. The first kappa shape index (κ1) is 15.7. The predicted molar refractivity (Wildman–Crippen MR) is 87.1 cm³/mol. The van der Waals surface area contributed by atoms with E-state index in [-0.39, 0.29) is 4.90 Å². The van der Waals surface area contributed by atoms with Crippen molar-refractivity contribution in [2.24, 2.45) is 0 Å². The van der Waals surface area contributed by atoms with Gasteiger partial charge in [0.2, 0.25) is 0 Å². The van der Waals surface area contributed by atoms with Crippen molar-refractivity contribution in [2.75, 3.05) is 17.6 Å². The van der Waals surface area contributed by atoms with E-state index in [4.69, 9.17) is 10.5 Å². The van der Waals surface area contributed by atoms with Crippen molar-refractivity contribution in [3.05, 3.63) is 46.4 Å². The van der Waals surface area contributed by atoms with Gasteiger partial charge in [-0.2, -0.15) is 0 Å². The molecule has 0 atom stereocenters. The van der Waals surface area contributed by atoms with Crippen molar-refractivity contribution in [3.63, 3.8) is 0 Å². The summed E-state index contributed by atoms with van der Waals surface area (Å²) >= 11 is 3.31. The lowest BCUT2D eigenvalue weighted by molar-refractivity contribution is 0.415. The molecule has 3 N–H and O–H groups in total. The predicted octanol–water partition coefficient (Wildman–Crippen LogP) is 3.15. The molecule has 0 radical (unpaired) electrons. The molecule has 0 amide bonds. The Balaban J connectivity index is 2.42. The molecular formula is C14H15BrN2O3S. The molecule has 2 aromatic rings. The molecule has 2 aromatic carbocycles. The van der Waals surface area contributed by atoms with Crippen molar-refractivity contribution in [3.8, 4) is 5.75 Å². The number of methoxy groups -OCH3 is 1. The van der Waals surface area contributed by atoms with E-state index in [1.165, 1.54) is 13.2 Å². The van der Waals surface area contributed by atoms with Gasteiger partial charge in [-0.15, -0.1) is 0 Å². The molecule has 0 saturated heterocycles. The summed E-state index contributed by atoms with van der Waals surface area (Å²) in [6.45, 7) is 1.67. The molecule has 0 fully saturated rings. The summed E-state index contributed by atoms with van der Waals surface area (Å²) < 4.78 is 33.3. The van der Waals surface area contributed by atoms with Crippen LogP contribution < -0.4 is 15.2 Å². The van der Waals surface area contributed by atoms with E-state index < -0.39 is 10.0 Å². The van der Waals surface area contributed by atoms with Crippen LogP contribution in [-0.4, -0.2) is 15.5 Å². The number of hydrogen-bond donors (Lipinski definition) is 2. The molecule has 0 heterocycles. The zero-order valence-corrected chi connectivity index (χ0v) is 14.0. The lowest BCUT2D eigenvalue weighted by Crippen LogP contribution is -2.15. The molecule has 0 saturated carbocycles. The number of nitrogen functional groups attached to an aromatic ring is 1. The lowest BCUT2D eigenvalue weighted by atomic mass is 10.2. The molecule has 2 rings (SSSR count). The van der Waals surface area contributed by atoms with Crippen LogP contribution in [0.1, 0.15) is 5.56 Å². The highest BCUT2D eigenvalue weighted by atomic mass is 79.9. The highest BCUT2D eigenvalue weighted by Crippen LogP contribution is 2.28. The maximum Gasteiger partial charge on any atom is 0.262 e. The fraction of sp³-hybridized carbons (Fsp3) is 0.143. The normalized spacial score (nSPS) is 11.2. The second kappa shape index (κ2) is 5.95. The Morgan fingerprint density at radius 3 is 2.62 bits per heavy atom. The average molecular weight is 371 g/mol. The first-order chi connectivity index (χ1) is 9.83. The third kappa shape index (κ3) is 3.48. The molecule has 0 aliphatic heterocycles. The van der Waals surface area contributed by atoms with Crippen LogP contribution >= 0.6 is 15.9 Å². The fourth-order valence-corrected chi connectivity index (χ4v) is 3.66. The van der Waals surface area contributed by atoms with E-state index in [0.717, 1.165) is 0 Å². The second-order valence-corrected chi connectivity index (χ2v) is 7.02. The summed E-state index contributed by atoms with van der Waals surface area (Å²) in [7, 11) is -2.20. The maximum absolute atomic E-state index is 12.5. The van der Waals surface area contributed by atoms with Gasteiger partial charge in [0, 0.05) is 16.2 Å². The Bertz CT molecular complexity index is 776. The summed E-state index contributed by atoms with van der Waals surface area (Å²) in [4.78, 5) is 0.154. The summed E-state index contributed by atoms with van der Waals surface area (Å²) in [5.74, 6) is 0.548. The minimum absolute atomic E-state index is 0.154. The van der Waals surface area contributed by atoms with Gasteiger partial charge in [-0.1, -0.05) is 22.0 Å². The number of hydrogen-bond acceptors (Lipinski definition) is 4. The lowest BCUT2D eigenvalue weighted by Gasteiger charge is -2.12. The first-order valence-corrected chi connectivity index (χ1v) is 8.33. The quantitative estimate of drug-likeness (QED) is 0.809. The Labute approximate surface area is 132 Å². The minimum atomic E-state index is -3.71. The number of benzene rings is 2. The largest absolute Gasteiger partial charge is 0.497 e. The maximum atomic E-state index is 12.5. The van der Waals surface area contributed by atoms with E-state index in [1.807, 2.05) is 0 Å². The Hall–Kier alpha value is -1.73. The fourth-order valence-electron chi connectivity index (χ4n) is 1.87. The van der Waals surface area contributed by atoms with Gasteiger partial charge < -0.3 is 10.5 Å². The number of ether oxygens (including phenoxy) is 1. The van der Waals surface area contributed by atoms with Crippen LogP contribution in [0.25, 0.3) is 0 Å². The van der Waals surface area contributed by atoms with Gasteiger partial charge in [0.1, 0.15) is 5.75 Å². The Morgan fingerprint density at radius 2 is 1.95 bits per heavy atom. The monoisotopic (exact) mass is 370 g/mol. The number of nitrogens with two attached hydrogens (primary N) is 1. The van der Waals surface area contributed by atoms with Crippen LogP contribution in [0.2, 0.25) is 0 Å². The number of rotatable bonds is 4. The van der Waals surface area contributed by atoms with Gasteiger partial charge in [0.15, 0.2) is 0 Å². The van der Waals surface area contributed by atoms with Crippen LogP contribution in [-0.2, 0) is 10.0 Å². The molecule has 0 spiro atoms. The molecule has 112 valence electrons. The standard InChI is InChI=1S/C14H15BrN2O3S/c1-9-13(16)4-3-5-14(9)21(18,19)17-11-6-10(15)7-12(8-11)20-2/h3-8,17H,16H2,1-2H3. The molecule has 5 nitrogen and oxygen atoms in total. The van der Waals surface area contributed by atoms with E-state index >= 15 is 0 Å². The molecule has 0 bridgehead atoms. The molecule has 0 aliphatic carbocycles. The minimum Gasteiger partial charge on any atom is -0.497 e. The molecular weight excluding hydrogens is 356 g/mol. The summed E-state index contributed by atoms with van der Waals surface area (Å²) in [6, 6.07) is 9.79. The molecule has 0 aliphatic rings. The molecule has 21 heavy (non-hydrogen) atoms. The topological polar surface area (TPSA) is 81.4 Å². The highest BCUT2D eigenvalue weighted by Gasteiger charge is 2.18. The highest BCUT2D eigenvalue weighted by molar-refractivity contribution is 9.10. The van der Waals surface area contributed by atoms with Gasteiger partial charge in [0.05, 0.1) is 17.7 Å². The number of sulfonamides is 1. The number of nitrogens with one attached hydrogen (secondary N) is 1. The van der Waals surface area contributed by atoms with Crippen molar-refractivity contribution < 1.29 is 13.2 Å². The Kier molecular flexibility index (Phi) is 4.43. The van der Waals surface area contributed by atoms with E-state index in [0.29, 0.717) is 27.2 Å². The summed E-state index contributed by atoms with van der Waals surface area (Å²) in [5, 5.41) is 0. The summed E-state index contributed by atoms with van der Waals surface area (Å²) in [6.07, 6.45) is 0. The second-order valence-electron chi connectivity index (χ2n) is 4.46. The van der Waals surface area contributed by atoms with Crippen LogP contribution in [0.3, 0.4) is 0 Å². The molecule has 0 unspecified atom stereocenters. The smallest absolute Gasteiger partial charge is 0.262 e. The van der Waals surface area contributed by atoms with Crippen molar-refractivity contribution in [2.45, 2.75) is 11.8 Å². The van der Waals surface area contributed by atoms with Gasteiger partial charge >= 0.3 is 0 Å². The van der Waals surface area contributed by atoms with Crippen LogP contribution in [0, 0.1) is 6.92 Å². The molecule has 0 aromatic heterocycles. The zero-order chi connectivity index (χ0) is 15.6. The van der Waals surface area contributed by atoms with Crippen LogP contribution in [0.5, 0.6) is 5.75 Å². The SMILES string of the molecule is COc1cc(Br)cc(NS(=O)(=O)c2cccc(N)c2C)c1. The number of halogens is 1. The van der Waals surface area contributed by atoms with E-state index in [9.17, 15) is 8.42 Å². The van der Waals surface area contributed by atoms with Gasteiger partial charge in [-0.3, -0.25) is 4.72 Å². The summed E-state index contributed by atoms with van der Waals surface area (Å²) in [5.41, 5.74) is 7.12. The van der Waals surface area contributed by atoms with Crippen LogP contribution in [0.4, 0.5) is 11.4 Å². The Morgan fingerprint density at radius 1 is 1.24 bits per heavy atom. The average Bonchev–Trinajstić information content (AvgIpc) is 2.40. The van der Waals surface area contributed by atoms with Crippen molar-refractivity contribution in [1.82, 2.24) is 0 Å². The third-order valence-electron chi connectivity index (χ3n) is 2.97. The molecule has 7 heteroatoms. The van der Waals surface area contributed by atoms with Crippen molar-refractivity contribution in [1.29, 1.82) is 0 Å². The van der Waals surface area contributed by atoms with Gasteiger partial charge in [-0.05, 0) is 36.8 Å². The van der Waals surface area contributed by atoms with E-state index in [1.54, 1.807) is 37.3 Å². The van der Waals surface area contributed by atoms with E-state index in [2.05, 4.69) is 20.7 Å². The third-order valence-corrected chi connectivity index (χ3v) is 4.96. The number of anilines is 2. The zero-order valence-electron chi connectivity index (χ0n) is 11.6.